The Labute approximate surface area is 73.6 Å². The molecule has 0 amide bonds. The lowest BCUT2D eigenvalue weighted by molar-refractivity contribution is -0.245. The van der Waals surface area contributed by atoms with E-state index < -0.39 is 11.7 Å². The highest BCUT2D eigenvalue weighted by molar-refractivity contribution is 5.12. The van der Waals surface area contributed by atoms with E-state index in [1.54, 1.807) is 6.92 Å². The molecule has 2 heteroatoms. The van der Waals surface area contributed by atoms with E-state index in [2.05, 4.69) is 13.8 Å². The Morgan fingerprint density at radius 3 is 2.08 bits per heavy atom. The Balaban J connectivity index is 2.27. The van der Waals surface area contributed by atoms with Gasteiger partial charge in [0, 0.05) is 0 Å². The third-order valence-corrected chi connectivity index (χ3v) is 4.36. The normalized spacial score (nSPS) is 56.2. The van der Waals surface area contributed by atoms with Crippen LogP contribution in [0.1, 0.15) is 33.6 Å². The van der Waals surface area contributed by atoms with Crippen LogP contribution in [0, 0.1) is 17.3 Å². The van der Waals surface area contributed by atoms with Crippen LogP contribution in [0.25, 0.3) is 0 Å². The standard InChI is InChI=1S/C10H18O2/c1-9(2)6-4-7(9)10(3,12)8(11)5-6/h6-8,11-12H,4-5H2,1-3H3/t6?,7?,8?,10-/m1/s1. The maximum atomic E-state index is 10.0. The summed E-state index contributed by atoms with van der Waals surface area (Å²) in [6, 6.07) is 0. The molecule has 0 aromatic rings. The number of fused-ring (bicyclic) bond motifs is 2. The molecule has 3 aliphatic carbocycles. The van der Waals surface area contributed by atoms with Gasteiger partial charge < -0.3 is 10.2 Å². The number of rotatable bonds is 0. The third-order valence-electron chi connectivity index (χ3n) is 4.36. The zero-order chi connectivity index (χ0) is 9.15. The highest BCUT2D eigenvalue weighted by Crippen LogP contribution is 2.62. The lowest BCUT2D eigenvalue weighted by atomic mass is 9.43. The highest BCUT2D eigenvalue weighted by atomic mass is 16.3. The molecule has 3 aliphatic rings. The van der Waals surface area contributed by atoms with Crippen molar-refractivity contribution in [1.82, 2.24) is 0 Å². The Bertz CT molecular complexity index is 208. The summed E-state index contributed by atoms with van der Waals surface area (Å²) >= 11 is 0. The molecule has 0 spiro atoms. The van der Waals surface area contributed by atoms with E-state index >= 15 is 0 Å². The van der Waals surface area contributed by atoms with Crippen molar-refractivity contribution in [2.75, 3.05) is 0 Å². The first kappa shape index (κ1) is 8.52. The molecule has 0 aromatic heterocycles. The van der Waals surface area contributed by atoms with E-state index in [9.17, 15) is 10.2 Å². The molecule has 3 unspecified atom stereocenters. The van der Waals surface area contributed by atoms with Gasteiger partial charge in [-0.2, -0.15) is 0 Å². The van der Waals surface area contributed by atoms with Crippen molar-refractivity contribution in [2.45, 2.75) is 45.3 Å². The average molecular weight is 170 g/mol. The predicted molar refractivity (Wildman–Crippen MR) is 46.6 cm³/mol. The summed E-state index contributed by atoms with van der Waals surface area (Å²) in [4.78, 5) is 0. The Morgan fingerprint density at radius 1 is 1.17 bits per heavy atom. The molecule has 3 rings (SSSR count). The molecule has 2 N–H and O–H groups in total. The number of aliphatic hydroxyl groups excluding tert-OH is 1. The number of aliphatic hydroxyl groups is 2. The molecule has 12 heavy (non-hydrogen) atoms. The average Bonchev–Trinajstić information content (AvgIpc) is 1.93. The second-order valence-electron chi connectivity index (χ2n) is 5.28. The zero-order valence-electron chi connectivity index (χ0n) is 8.04. The molecule has 3 saturated carbocycles. The van der Waals surface area contributed by atoms with Gasteiger partial charge in [0.25, 0.3) is 0 Å². The fraction of sp³-hybridized carbons (Fsp3) is 1.00. The van der Waals surface area contributed by atoms with Gasteiger partial charge in [0.05, 0.1) is 11.7 Å². The van der Waals surface area contributed by atoms with E-state index in [1.807, 2.05) is 0 Å². The molecule has 70 valence electrons. The lowest BCUT2D eigenvalue weighted by Crippen LogP contribution is -2.66. The largest absolute Gasteiger partial charge is 0.390 e. The third kappa shape index (κ3) is 0.775. The zero-order valence-corrected chi connectivity index (χ0v) is 8.04. The molecule has 2 nitrogen and oxygen atoms in total. The first-order valence-electron chi connectivity index (χ1n) is 4.77. The van der Waals surface area contributed by atoms with E-state index in [0.29, 0.717) is 11.8 Å². The van der Waals surface area contributed by atoms with Crippen LogP contribution in [-0.4, -0.2) is 21.9 Å². The Morgan fingerprint density at radius 2 is 1.75 bits per heavy atom. The monoisotopic (exact) mass is 170 g/mol. The summed E-state index contributed by atoms with van der Waals surface area (Å²) in [5, 5.41) is 19.7. The summed E-state index contributed by atoms with van der Waals surface area (Å²) in [6.07, 6.45) is 1.36. The fourth-order valence-corrected chi connectivity index (χ4v) is 3.15. The molecule has 3 fully saturated rings. The van der Waals surface area contributed by atoms with Gasteiger partial charge in [-0.1, -0.05) is 13.8 Å². The first-order valence-corrected chi connectivity index (χ1v) is 4.77. The van der Waals surface area contributed by atoms with E-state index in [1.165, 1.54) is 0 Å². The molecule has 4 atom stereocenters. The molecule has 0 aliphatic heterocycles. The molecule has 0 saturated heterocycles. The van der Waals surface area contributed by atoms with Crippen LogP contribution < -0.4 is 0 Å². The van der Waals surface area contributed by atoms with Gasteiger partial charge in [0.1, 0.15) is 0 Å². The van der Waals surface area contributed by atoms with Crippen LogP contribution in [0.5, 0.6) is 0 Å². The molecule has 2 bridgehead atoms. The van der Waals surface area contributed by atoms with Gasteiger partial charge in [-0.25, -0.2) is 0 Å². The van der Waals surface area contributed by atoms with Crippen LogP contribution in [0.4, 0.5) is 0 Å². The number of hydrogen-bond acceptors (Lipinski definition) is 2. The van der Waals surface area contributed by atoms with Crippen LogP contribution in [0.2, 0.25) is 0 Å². The van der Waals surface area contributed by atoms with Crippen molar-refractivity contribution in [1.29, 1.82) is 0 Å². The van der Waals surface area contributed by atoms with E-state index in [4.69, 9.17) is 0 Å². The van der Waals surface area contributed by atoms with Crippen molar-refractivity contribution in [3.8, 4) is 0 Å². The van der Waals surface area contributed by atoms with Crippen molar-refractivity contribution in [2.24, 2.45) is 17.3 Å². The summed E-state index contributed by atoms with van der Waals surface area (Å²) in [7, 11) is 0. The molecule has 0 heterocycles. The fourth-order valence-electron chi connectivity index (χ4n) is 3.15. The van der Waals surface area contributed by atoms with Gasteiger partial charge in [-0.05, 0) is 37.0 Å². The van der Waals surface area contributed by atoms with Crippen LogP contribution in [-0.2, 0) is 0 Å². The summed E-state index contributed by atoms with van der Waals surface area (Å²) in [5.74, 6) is 0.913. The maximum absolute atomic E-state index is 10.0. The second kappa shape index (κ2) is 2.05. The minimum atomic E-state index is -0.849. The van der Waals surface area contributed by atoms with Crippen molar-refractivity contribution >= 4 is 0 Å². The van der Waals surface area contributed by atoms with Gasteiger partial charge in [-0.3, -0.25) is 0 Å². The highest BCUT2D eigenvalue weighted by Gasteiger charge is 2.62. The number of hydrogen-bond donors (Lipinski definition) is 2. The SMILES string of the molecule is CC1(C)C2CC(O)[C@](C)(O)C1C2. The van der Waals surface area contributed by atoms with Gasteiger partial charge in [0.15, 0.2) is 0 Å². The Kier molecular flexibility index (Phi) is 1.45. The predicted octanol–water partition coefficient (Wildman–Crippen LogP) is 1.16. The molecule has 0 radical (unpaired) electrons. The van der Waals surface area contributed by atoms with E-state index in [-0.39, 0.29) is 5.41 Å². The van der Waals surface area contributed by atoms with Crippen molar-refractivity contribution in [3.63, 3.8) is 0 Å². The maximum Gasteiger partial charge on any atom is 0.0910 e. The summed E-state index contributed by atoms with van der Waals surface area (Å²) in [6.45, 7) is 6.18. The summed E-state index contributed by atoms with van der Waals surface area (Å²) < 4.78 is 0. The molecular weight excluding hydrogens is 152 g/mol. The first-order chi connectivity index (χ1) is 5.37. The van der Waals surface area contributed by atoms with Crippen molar-refractivity contribution in [3.05, 3.63) is 0 Å². The lowest BCUT2D eigenvalue weighted by Gasteiger charge is -2.64. The minimum absolute atomic E-state index is 0.239. The quantitative estimate of drug-likeness (QED) is 0.573. The van der Waals surface area contributed by atoms with Crippen LogP contribution >= 0.6 is 0 Å². The topological polar surface area (TPSA) is 40.5 Å². The smallest absolute Gasteiger partial charge is 0.0910 e. The molecule has 0 aromatic carbocycles. The minimum Gasteiger partial charge on any atom is -0.390 e. The van der Waals surface area contributed by atoms with Crippen LogP contribution in [0.15, 0.2) is 0 Å². The summed E-state index contributed by atoms with van der Waals surface area (Å²) in [5.41, 5.74) is -0.610. The van der Waals surface area contributed by atoms with Crippen molar-refractivity contribution < 1.29 is 10.2 Å². The van der Waals surface area contributed by atoms with Gasteiger partial charge >= 0.3 is 0 Å². The second-order valence-corrected chi connectivity index (χ2v) is 5.28. The Hall–Kier alpha value is -0.0800. The van der Waals surface area contributed by atoms with Gasteiger partial charge in [-0.15, -0.1) is 0 Å². The van der Waals surface area contributed by atoms with Crippen LogP contribution in [0.3, 0.4) is 0 Å². The molecular formula is C10H18O2. The van der Waals surface area contributed by atoms with Gasteiger partial charge in [0.2, 0.25) is 0 Å². The van der Waals surface area contributed by atoms with E-state index in [0.717, 1.165) is 12.8 Å².